The molecule has 0 radical (unpaired) electrons. The van der Waals surface area contributed by atoms with Crippen molar-refractivity contribution in [2.75, 3.05) is 9.80 Å². The minimum Gasteiger partial charge on any atom is -0.454 e. The van der Waals surface area contributed by atoms with E-state index in [1.165, 1.54) is 65.5 Å². The van der Waals surface area contributed by atoms with Crippen LogP contribution in [-0.4, -0.2) is 0 Å². The van der Waals surface area contributed by atoms with Gasteiger partial charge in [-0.3, -0.25) is 0 Å². The molecule has 5 aliphatic carbocycles. The van der Waals surface area contributed by atoms with Crippen molar-refractivity contribution in [1.29, 1.82) is 0 Å². The predicted octanol–water partition coefficient (Wildman–Crippen LogP) is 16.6. The molecule has 1 aromatic heterocycles. The summed E-state index contributed by atoms with van der Waals surface area (Å²) in [6, 6.07) is 69.6. The highest BCUT2D eigenvalue weighted by Gasteiger charge is 2.58. The second-order valence-corrected chi connectivity index (χ2v) is 19.5. The van der Waals surface area contributed by atoms with Gasteiger partial charge in [0.05, 0.1) is 5.69 Å². The molecular weight excluding hydrogens is 765 g/mol. The van der Waals surface area contributed by atoms with E-state index in [2.05, 4.69) is 212 Å². The van der Waals surface area contributed by atoms with Crippen LogP contribution in [0, 0.1) is 17.8 Å². The minimum absolute atomic E-state index is 0.148. The van der Waals surface area contributed by atoms with Gasteiger partial charge in [0, 0.05) is 44.6 Å². The SMILES string of the molecule is CC1(C)c2ccccc2-c2ccc(N(c3ccccc3)c3cc(N(c4ccc(C56CC7CC(CC5C7)C6)cc4)c4cccc(-c5ccccc5)c4)cc4c3oc3ccccc34)cc21. The molecule has 2 unspecified atom stereocenters. The highest BCUT2D eigenvalue weighted by Crippen LogP contribution is 2.66. The number of benzene rings is 8. The summed E-state index contributed by atoms with van der Waals surface area (Å²) in [4.78, 5) is 4.89. The molecule has 0 amide bonds. The number of nitrogens with zero attached hydrogens (tertiary/aromatic N) is 2. The molecule has 0 spiro atoms. The van der Waals surface area contributed by atoms with E-state index >= 15 is 0 Å². The number of fused-ring (bicyclic) bond motifs is 6. The van der Waals surface area contributed by atoms with Gasteiger partial charge in [0.2, 0.25) is 0 Å². The highest BCUT2D eigenvalue weighted by molar-refractivity contribution is 6.12. The van der Waals surface area contributed by atoms with Crippen molar-refractivity contribution < 1.29 is 4.42 Å². The van der Waals surface area contributed by atoms with E-state index in [9.17, 15) is 0 Å². The number of hydrogen-bond donors (Lipinski definition) is 0. The van der Waals surface area contributed by atoms with Gasteiger partial charge in [-0.15, -0.1) is 0 Å². The molecular formula is C60H50N2O. The summed E-state index contributed by atoms with van der Waals surface area (Å²) >= 11 is 0. The van der Waals surface area contributed by atoms with Crippen LogP contribution >= 0.6 is 0 Å². The third kappa shape index (κ3) is 5.65. The summed E-state index contributed by atoms with van der Waals surface area (Å²) in [7, 11) is 0. The van der Waals surface area contributed by atoms with E-state index in [-0.39, 0.29) is 5.41 Å². The Bertz CT molecular complexity index is 3200. The average Bonchev–Trinajstić information content (AvgIpc) is 3.98. The molecule has 5 aliphatic rings. The van der Waals surface area contributed by atoms with Gasteiger partial charge >= 0.3 is 0 Å². The van der Waals surface area contributed by atoms with Gasteiger partial charge in [0.1, 0.15) is 5.58 Å². The lowest BCUT2D eigenvalue weighted by Gasteiger charge is -2.34. The lowest BCUT2D eigenvalue weighted by Crippen LogP contribution is -2.27. The van der Waals surface area contributed by atoms with Crippen LogP contribution in [0.4, 0.5) is 34.1 Å². The molecule has 14 rings (SSSR count). The van der Waals surface area contributed by atoms with E-state index in [0.29, 0.717) is 5.41 Å². The molecule has 0 N–H and O–H groups in total. The van der Waals surface area contributed by atoms with Crippen molar-refractivity contribution in [1.82, 2.24) is 0 Å². The molecule has 306 valence electrons. The standard InChI is InChI=1S/C60H50N2O/c1-59(2)54-22-11-9-20-50(54)51-29-28-48(35-55(51)59)62(45-17-7-4-8-18-45)56-36-49(34-53-52-21-10-12-23-57(52)63-58(53)56)61(47-19-13-16-42(33-47)41-14-5-3-6-15-41)46-26-24-43(25-27-46)60-37-39-30-40(38-60)32-44(60)31-39/h3-29,33-36,39-40,44H,30-32,37-38H2,1-2H3. The van der Waals surface area contributed by atoms with Crippen molar-refractivity contribution in [3.05, 3.63) is 205 Å². The zero-order chi connectivity index (χ0) is 41.9. The van der Waals surface area contributed by atoms with Gasteiger partial charge in [-0.1, -0.05) is 135 Å². The molecule has 0 aliphatic heterocycles. The first-order chi connectivity index (χ1) is 30.9. The van der Waals surface area contributed by atoms with E-state index in [0.717, 1.165) is 73.8 Å². The highest BCUT2D eigenvalue weighted by atomic mass is 16.3. The van der Waals surface area contributed by atoms with Crippen LogP contribution in [0.5, 0.6) is 0 Å². The molecule has 8 aromatic carbocycles. The fraction of sp³-hybridized carbons (Fsp3) is 0.200. The van der Waals surface area contributed by atoms with E-state index in [1.807, 2.05) is 0 Å². The van der Waals surface area contributed by atoms with Crippen LogP contribution in [-0.2, 0) is 10.8 Å². The maximum atomic E-state index is 6.98. The summed E-state index contributed by atoms with van der Waals surface area (Å²) in [5.74, 6) is 2.66. The van der Waals surface area contributed by atoms with Gasteiger partial charge in [-0.25, -0.2) is 0 Å². The van der Waals surface area contributed by atoms with Crippen LogP contribution in [0.2, 0.25) is 0 Å². The van der Waals surface area contributed by atoms with Crippen LogP contribution in [0.25, 0.3) is 44.2 Å². The van der Waals surface area contributed by atoms with Crippen molar-refractivity contribution in [2.45, 2.75) is 56.8 Å². The Hall–Kier alpha value is -6.84. The molecule has 9 aromatic rings. The maximum absolute atomic E-state index is 6.98. The Kier molecular flexibility index (Phi) is 8.07. The normalized spacial score (nSPS) is 21.2. The predicted molar refractivity (Wildman–Crippen MR) is 261 cm³/mol. The first-order valence-corrected chi connectivity index (χ1v) is 23.0. The van der Waals surface area contributed by atoms with Gasteiger partial charge in [0.25, 0.3) is 0 Å². The van der Waals surface area contributed by atoms with Gasteiger partial charge < -0.3 is 14.2 Å². The summed E-state index contributed by atoms with van der Waals surface area (Å²) < 4.78 is 6.98. The minimum atomic E-state index is -0.148. The summed E-state index contributed by atoms with van der Waals surface area (Å²) in [6.07, 6.45) is 7.03. The summed E-state index contributed by atoms with van der Waals surface area (Å²) in [5.41, 5.74) is 17.8. The molecule has 2 atom stereocenters. The van der Waals surface area contributed by atoms with Gasteiger partial charge in [-0.2, -0.15) is 0 Å². The van der Waals surface area contributed by atoms with E-state index in [1.54, 1.807) is 5.56 Å². The molecule has 3 nitrogen and oxygen atoms in total. The Labute approximate surface area is 370 Å². The van der Waals surface area contributed by atoms with Crippen molar-refractivity contribution in [3.63, 3.8) is 0 Å². The zero-order valence-electron chi connectivity index (χ0n) is 36.0. The molecule has 0 saturated heterocycles. The van der Waals surface area contributed by atoms with Crippen molar-refractivity contribution >= 4 is 56.1 Å². The average molecular weight is 815 g/mol. The van der Waals surface area contributed by atoms with Gasteiger partial charge in [-0.05, 0) is 161 Å². The number of anilines is 6. The Morgan fingerprint density at radius 3 is 1.90 bits per heavy atom. The Balaban J connectivity index is 1.04. The lowest BCUT2D eigenvalue weighted by atomic mass is 9.71. The number of hydrogen-bond acceptors (Lipinski definition) is 3. The molecule has 4 fully saturated rings. The molecule has 3 heteroatoms. The molecule has 1 heterocycles. The number of para-hydroxylation sites is 2. The quantitative estimate of drug-likeness (QED) is 0.152. The van der Waals surface area contributed by atoms with E-state index in [4.69, 9.17) is 4.42 Å². The van der Waals surface area contributed by atoms with Crippen LogP contribution in [0.1, 0.15) is 62.6 Å². The van der Waals surface area contributed by atoms with Crippen molar-refractivity contribution in [2.24, 2.45) is 17.8 Å². The summed E-state index contributed by atoms with van der Waals surface area (Å²) in [5, 5.41) is 2.19. The zero-order valence-corrected chi connectivity index (χ0v) is 36.0. The van der Waals surface area contributed by atoms with Gasteiger partial charge in [0.15, 0.2) is 5.58 Å². The maximum Gasteiger partial charge on any atom is 0.159 e. The van der Waals surface area contributed by atoms with Crippen LogP contribution < -0.4 is 9.80 Å². The third-order valence-corrected chi connectivity index (χ3v) is 15.7. The topological polar surface area (TPSA) is 19.6 Å². The second-order valence-electron chi connectivity index (χ2n) is 19.5. The second kappa shape index (κ2) is 13.8. The van der Waals surface area contributed by atoms with Crippen molar-refractivity contribution in [3.8, 4) is 22.3 Å². The molecule has 63 heavy (non-hydrogen) atoms. The lowest BCUT2D eigenvalue weighted by molar-refractivity contribution is 0.266. The largest absolute Gasteiger partial charge is 0.454 e. The first-order valence-electron chi connectivity index (χ1n) is 23.0. The Morgan fingerprint density at radius 1 is 0.460 bits per heavy atom. The number of furan rings is 1. The summed E-state index contributed by atoms with van der Waals surface area (Å²) in [6.45, 7) is 4.72. The fourth-order valence-electron chi connectivity index (χ4n) is 13.0. The smallest absolute Gasteiger partial charge is 0.159 e. The van der Waals surface area contributed by atoms with Crippen LogP contribution in [0.3, 0.4) is 0 Å². The molecule has 4 bridgehead atoms. The number of rotatable bonds is 8. The molecule has 4 saturated carbocycles. The monoisotopic (exact) mass is 814 g/mol. The van der Waals surface area contributed by atoms with E-state index < -0.39 is 0 Å². The fourth-order valence-corrected chi connectivity index (χ4v) is 13.0. The Morgan fingerprint density at radius 2 is 1.10 bits per heavy atom. The third-order valence-electron chi connectivity index (χ3n) is 15.7. The van der Waals surface area contributed by atoms with Crippen LogP contribution in [0.15, 0.2) is 192 Å². The first kappa shape index (κ1) is 36.8.